The van der Waals surface area contributed by atoms with Crippen molar-refractivity contribution in [3.05, 3.63) is 12.7 Å². The van der Waals surface area contributed by atoms with Gasteiger partial charge in [-0.25, -0.2) is 19.5 Å². The fourth-order valence-corrected chi connectivity index (χ4v) is 2.66. The van der Waals surface area contributed by atoms with Crippen LogP contribution >= 0.6 is 7.82 Å². The predicted octanol–water partition coefficient (Wildman–Crippen LogP) is -2.02. The molecule has 1 fully saturated rings. The fraction of sp³-hybridized carbons (Fsp3) is 0.500. The Morgan fingerprint density at radius 2 is 2.04 bits per heavy atom. The number of phosphoric acid groups is 1. The molecular formula is C10H16CaN5O7P. The van der Waals surface area contributed by atoms with Crippen LogP contribution < -0.4 is 5.73 Å². The number of rotatable bonds is 4. The van der Waals surface area contributed by atoms with Crippen LogP contribution in [0.2, 0.25) is 0 Å². The van der Waals surface area contributed by atoms with E-state index in [4.69, 9.17) is 20.3 Å². The molecule has 0 saturated carbocycles. The van der Waals surface area contributed by atoms with Crippen LogP contribution in [0.15, 0.2) is 12.7 Å². The van der Waals surface area contributed by atoms with Crippen molar-refractivity contribution in [2.75, 3.05) is 12.3 Å². The Hall–Kier alpha value is -0.400. The molecule has 1 saturated heterocycles. The van der Waals surface area contributed by atoms with Crippen LogP contribution in [0.4, 0.5) is 5.82 Å². The van der Waals surface area contributed by atoms with Gasteiger partial charge in [-0.3, -0.25) is 9.09 Å². The third-order valence-corrected chi connectivity index (χ3v) is 3.89. The number of ether oxygens (including phenoxy) is 1. The molecule has 3 rings (SSSR count). The van der Waals surface area contributed by atoms with E-state index >= 15 is 0 Å². The number of hydrogen-bond acceptors (Lipinski definition) is 9. The third-order valence-electron chi connectivity index (χ3n) is 3.41. The van der Waals surface area contributed by atoms with Gasteiger partial charge in [-0.15, -0.1) is 0 Å². The van der Waals surface area contributed by atoms with E-state index in [1.807, 2.05) is 0 Å². The number of nitrogen functional groups attached to an aromatic ring is 1. The molecule has 130 valence electrons. The summed E-state index contributed by atoms with van der Waals surface area (Å²) in [6, 6.07) is 0. The Morgan fingerprint density at radius 1 is 1.33 bits per heavy atom. The number of nitrogens with two attached hydrogens (primary N) is 1. The summed E-state index contributed by atoms with van der Waals surface area (Å²) in [6.45, 7) is -0.594. The second-order valence-corrected chi connectivity index (χ2v) is 6.15. The minimum atomic E-state index is -4.72. The Kier molecular flexibility index (Phi) is 6.19. The maximum Gasteiger partial charge on any atom is 2.00 e. The van der Waals surface area contributed by atoms with Crippen molar-refractivity contribution in [1.82, 2.24) is 19.5 Å². The predicted molar refractivity (Wildman–Crippen MR) is 81.6 cm³/mol. The average molecular weight is 389 g/mol. The van der Waals surface area contributed by atoms with Gasteiger partial charge in [0.15, 0.2) is 17.7 Å². The van der Waals surface area contributed by atoms with Gasteiger partial charge in [0.25, 0.3) is 0 Å². The summed E-state index contributed by atoms with van der Waals surface area (Å²) < 4.78 is 21.8. The summed E-state index contributed by atoms with van der Waals surface area (Å²) >= 11 is 0. The summed E-state index contributed by atoms with van der Waals surface area (Å²) in [6.07, 6.45) is -2.49. The van der Waals surface area contributed by atoms with Crippen LogP contribution in [-0.4, -0.2) is 102 Å². The molecule has 0 bridgehead atoms. The van der Waals surface area contributed by atoms with Gasteiger partial charge in [-0.2, -0.15) is 0 Å². The molecule has 14 heteroatoms. The standard InChI is InChI=1S/C10H14N5O7P.Ca.2H/c11-8-5-9(13-2-12-8)15(3-14-5)10-7(17)6(16)4(22-10)1-21-23(18,19)20;;;/h2-4,6-7,10,16-17H,1H2,(H2,11,12,13)(H2,18,19,20);;;/q;+2;2*-1/t4-,6-,7-,10-;;;/m1.../s1. The fourth-order valence-electron chi connectivity index (χ4n) is 2.32. The van der Waals surface area contributed by atoms with Gasteiger partial charge < -0.3 is 33.3 Å². The Labute approximate surface area is 167 Å². The molecule has 2 aromatic rings. The summed E-state index contributed by atoms with van der Waals surface area (Å²) in [7, 11) is -4.72. The molecule has 0 unspecified atom stereocenters. The van der Waals surface area contributed by atoms with Gasteiger partial charge in [-0.1, -0.05) is 0 Å². The summed E-state index contributed by atoms with van der Waals surface area (Å²) in [5.41, 5.74) is 6.25. The zero-order valence-electron chi connectivity index (χ0n) is 14.2. The molecule has 24 heavy (non-hydrogen) atoms. The molecule has 6 N–H and O–H groups in total. The second kappa shape index (κ2) is 7.46. The van der Waals surface area contributed by atoms with Crippen LogP contribution in [0.3, 0.4) is 0 Å². The van der Waals surface area contributed by atoms with E-state index < -0.39 is 39.0 Å². The molecule has 4 atom stereocenters. The SMILES string of the molecule is Nc1ncnc2c1ncn2[C@@H]1O[C@H](COP(=O)(O)O)[C@@H](O)[C@H]1O.[Ca+2].[H-].[H-]. The van der Waals surface area contributed by atoms with E-state index in [-0.39, 0.29) is 52.1 Å². The first-order chi connectivity index (χ1) is 10.8. The number of aromatic nitrogens is 4. The number of imidazole rings is 1. The third kappa shape index (κ3) is 3.88. The summed E-state index contributed by atoms with van der Waals surface area (Å²) in [5, 5.41) is 20.1. The van der Waals surface area contributed by atoms with Crippen molar-refractivity contribution >= 4 is 62.5 Å². The molecular weight excluding hydrogens is 373 g/mol. The van der Waals surface area contributed by atoms with Gasteiger partial charge in [0.05, 0.1) is 12.9 Å². The Morgan fingerprint density at radius 3 is 2.71 bits per heavy atom. The number of phosphoric ester groups is 1. The van der Waals surface area contributed by atoms with Crippen LogP contribution in [0.1, 0.15) is 9.08 Å². The van der Waals surface area contributed by atoms with E-state index in [9.17, 15) is 14.8 Å². The van der Waals surface area contributed by atoms with Crippen molar-refractivity contribution in [1.29, 1.82) is 0 Å². The van der Waals surface area contributed by atoms with Crippen LogP contribution in [0.25, 0.3) is 11.2 Å². The molecule has 2 aromatic heterocycles. The maximum absolute atomic E-state index is 10.7. The summed E-state index contributed by atoms with van der Waals surface area (Å²) in [5.74, 6) is 0.142. The zero-order valence-corrected chi connectivity index (χ0v) is 15.3. The molecule has 0 aromatic carbocycles. The number of aliphatic hydroxyl groups is 2. The van der Waals surface area contributed by atoms with Gasteiger partial charge in [-0.05, 0) is 0 Å². The van der Waals surface area contributed by atoms with Crippen molar-refractivity contribution in [3.8, 4) is 0 Å². The summed E-state index contributed by atoms with van der Waals surface area (Å²) in [4.78, 5) is 29.2. The van der Waals surface area contributed by atoms with Gasteiger partial charge in [0.2, 0.25) is 0 Å². The van der Waals surface area contributed by atoms with Gasteiger partial charge in [0, 0.05) is 0 Å². The molecule has 0 spiro atoms. The number of anilines is 1. The van der Waals surface area contributed by atoms with Crippen LogP contribution in [0, 0.1) is 0 Å². The van der Waals surface area contributed by atoms with Gasteiger partial charge >= 0.3 is 45.6 Å². The van der Waals surface area contributed by atoms with E-state index in [0.717, 1.165) is 0 Å². The number of aliphatic hydroxyl groups excluding tert-OH is 2. The minimum Gasteiger partial charge on any atom is -1.00 e. The van der Waals surface area contributed by atoms with Crippen molar-refractivity contribution in [3.63, 3.8) is 0 Å². The molecule has 1 aliphatic rings. The normalized spacial score (nSPS) is 27.3. The smallest absolute Gasteiger partial charge is 1.00 e. The monoisotopic (exact) mass is 389 g/mol. The number of nitrogens with zero attached hydrogens (tertiary/aromatic N) is 4. The Balaban J connectivity index is 0.00000208. The molecule has 3 heterocycles. The van der Waals surface area contributed by atoms with E-state index in [1.165, 1.54) is 17.2 Å². The number of hydrogen-bond donors (Lipinski definition) is 5. The topological polar surface area (TPSA) is 186 Å². The number of fused-ring (bicyclic) bond motifs is 1. The van der Waals surface area contributed by atoms with Crippen LogP contribution in [-0.2, 0) is 13.8 Å². The van der Waals surface area contributed by atoms with E-state index in [1.54, 1.807) is 0 Å². The Bertz CT molecular complexity index is 779. The molecule has 1 aliphatic heterocycles. The zero-order chi connectivity index (χ0) is 16.8. The van der Waals surface area contributed by atoms with Crippen molar-refractivity contribution in [2.45, 2.75) is 24.5 Å². The largest absolute Gasteiger partial charge is 2.00 e. The van der Waals surface area contributed by atoms with Crippen LogP contribution in [0.5, 0.6) is 0 Å². The molecule has 0 amide bonds. The second-order valence-electron chi connectivity index (χ2n) is 4.92. The van der Waals surface area contributed by atoms with E-state index in [2.05, 4.69) is 19.5 Å². The molecule has 0 radical (unpaired) electrons. The first-order valence-corrected chi connectivity index (χ1v) is 7.95. The van der Waals surface area contributed by atoms with E-state index in [0.29, 0.717) is 5.52 Å². The van der Waals surface area contributed by atoms with Crippen molar-refractivity contribution in [2.24, 2.45) is 0 Å². The quantitative estimate of drug-likeness (QED) is 0.287. The first-order valence-electron chi connectivity index (χ1n) is 6.42. The molecule has 0 aliphatic carbocycles. The first kappa shape index (κ1) is 19.9. The minimum absolute atomic E-state index is 0. The van der Waals surface area contributed by atoms with Gasteiger partial charge in [0.1, 0.15) is 30.2 Å². The maximum atomic E-state index is 10.7. The average Bonchev–Trinajstić information content (AvgIpc) is 3.01. The molecule has 12 nitrogen and oxygen atoms in total. The van der Waals surface area contributed by atoms with Crippen molar-refractivity contribution < 1.29 is 36.7 Å².